The Morgan fingerprint density at radius 3 is 2.28 bits per heavy atom. The molecule has 3 aromatic carbocycles. The Morgan fingerprint density at radius 2 is 1.64 bits per heavy atom. The molecular formula is C24H12BrCl5N2O4. The number of nitriles is 1. The summed E-state index contributed by atoms with van der Waals surface area (Å²) >= 11 is 33.7. The van der Waals surface area contributed by atoms with Gasteiger partial charge in [0.05, 0.1) is 21.0 Å². The zero-order valence-corrected chi connectivity index (χ0v) is 23.1. The van der Waals surface area contributed by atoms with E-state index < -0.39 is 18.5 Å². The maximum Gasteiger partial charge on any atom is 0.349 e. The number of carbonyl (C=O) groups excluding carboxylic acids is 1. The zero-order chi connectivity index (χ0) is 26.1. The molecule has 0 saturated heterocycles. The number of esters is 1. The van der Waals surface area contributed by atoms with Crippen LogP contribution < -0.4 is 19.9 Å². The molecule has 6 nitrogen and oxygen atoms in total. The van der Waals surface area contributed by atoms with Crippen LogP contribution in [0, 0.1) is 11.3 Å². The van der Waals surface area contributed by atoms with Gasteiger partial charge in [0.15, 0.2) is 12.4 Å². The summed E-state index contributed by atoms with van der Waals surface area (Å²) in [4.78, 5) is 12.5. The number of ether oxygens (including phenoxy) is 3. The van der Waals surface area contributed by atoms with E-state index in [1.54, 1.807) is 12.1 Å². The summed E-state index contributed by atoms with van der Waals surface area (Å²) < 4.78 is 17.2. The average molecular weight is 650 g/mol. The summed E-state index contributed by atoms with van der Waals surface area (Å²) in [5, 5.41) is 9.35. The SMILES string of the molecule is N#CC1=C(N)Oc2cc(OC(=O)COc3c(Cl)c(Cl)c(Cl)c(Cl)c3Cl)ccc2C1c1ccccc1Br. The van der Waals surface area contributed by atoms with E-state index in [1.165, 1.54) is 6.07 Å². The van der Waals surface area contributed by atoms with Crippen molar-refractivity contribution in [1.29, 1.82) is 5.26 Å². The number of fused-ring (bicyclic) bond motifs is 1. The topological polar surface area (TPSA) is 94.6 Å². The van der Waals surface area contributed by atoms with Crippen molar-refractivity contribution in [3.8, 4) is 23.3 Å². The van der Waals surface area contributed by atoms with Crippen molar-refractivity contribution in [2.75, 3.05) is 6.61 Å². The molecule has 1 aliphatic rings. The maximum atomic E-state index is 12.5. The Hall–Kier alpha value is -2.31. The van der Waals surface area contributed by atoms with Crippen molar-refractivity contribution in [3.63, 3.8) is 0 Å². The van der Waals surface area contributed by atoms with Crippen molar-refractivity contribution >= 4 is 79.9 Å². The highest BCUT2D eigenvalue weighted by Crippen LogP contribution is 2.48. The second-order valence-electron chi connectivity index (χ2n) is 7.31. The smallest absolute Gasteiger partial charge is 0.349 e. The third-order valence-electron chi connectivity index (χ3n) is 5.14. The Morgan fingerprint density at radius 1 is 1.00 bits per heavy atom. The van der Waals surface area contributed by atoms with Crippen molar-refractivity contribution in [1.82, 2.24) is 0 Å². The lowest BCUT2D eigenvalue weighted by molar-refractivity contribution is -0.136. The number of hydrogen-bond donors (Lipinski definition) is 1. The number of halogens is 6. The van der Waals surface area contributed by atoms with E-state index in [2.05, 4.69) is 22.0 Å². The summed E-state index contributed by atoms with van der Waals surface area (Å²) in [5.41, 5.74) is 7.81. The predicted molar refractivity (Wildman–Crippen MR) is 143 cm³/mol. The van der Waals surface area contributed by atoms with E-state index in [9.17, 15) is 10.1 Å². The highest BCUT2D eigenvalue weighted by atomic mass is 79.9. The zero-order valence-electron chi connectivity index (χ0n) is 17.8. The minimum Gasteiger partial charge on any atom is -0.479 e. The molecule has 2 N–H and O–H groups in total. The first-order valence-electron chi connectivity index (χ1n) is 9.94. The van der Waals surface area contributed by atoms with Gasteiger partial charge in [0, 0.05) is 16.1 Å². The highest BCUT2D eigenvalue weighted by Gasteiger charge is 2.32. The first-order valence-corrected chi connectivity index (χ1v) is 12.6. The molecule has 0 aromatic heterocycles. The van der Waals surface area contributed by atoms with Crippen molar-refractivity contribution in [2.24, 2.45) is 5.73 Å². The lowest BCUT2D eigenvalue weighted by Gasteiger charge is -2.27. The molecule has 0 amide bonds. The van der Waals surface area contributed by atoms with Gasteiger partial charge in [-0.1, -0.05) is 98.2 Å². The second kappa shape index (κ2) is 11.0. The van der Waals surface area contributed by atoms with E-state index in [4.69, 9.17) is 77.9 Å². The largest absolute Gasteiger partial charge is 0.479 e. The monoisotopic (exact) mass is 646 g/mol. The van der Waals surface area contributed by atoms with Gasteiger partial charge in [-0.15, -0.1) is 0 Å². The molecular weight excluding hydrogens is 637 g/mol. The Labute approximate surface area is 239 Å². The third-order valence-corrected chi connectivity index (χ3v) is 8.11. The number of hydrogen-bond acceptors (Lipinski definition) is 6. The number of allylic oxidation sites excluding steroid dienone is 1. The quantitative estimate of drug-likeness (QED) is 0.131. The van der Waals surface area contributed by atoms with Crippen molar-refractivity contribution in [2.45, 2.75) is 5.92 Å². The summed E-state index contributed by atoms with van der Waals surface area (Å²) in [6.45, 7) is -0.564. The van der Waals surface area contributed by atoms with Gasteiger partial charge in [-0.2, -0.15) is 5.26 Å². The van der Waals surface area contributed by atoms with Gasteiger partial charge in [0.2, 0.25) is 5.88 Å². The van der Waals surface area contributed by atoms with E-state index in [0.717, 1.165) is 10.0 Å². The van der Waals surface area contributed by atoms with Gasteiger partial charge in [0.1, 0.15) is 33.2 Å². The van der Waals surface area contributed by atoms with Crippen LogP contribution in [0.5, 0.6) is 17.2 Å². The Balaban J connectivity index is 1.56. The number of nitrogens with two attached hydrogens (primary N) is 1. The molecule has 1 unspecified atom stereocenters. The number of carbonyl (C=O) groups is 1. The van der Waals surface area contributed by atoms with E-state index >= 15 is 0 Å². The normalized spacial score (nSPS) is 14.5. The molecule has 12 heteroatoms. The van der Waals surface area contributed by atoms with Gasteiger partial charge in [-0.05, 0) is 17.7 Å². The predicted octanol–water partition coefficient (Wildman–Crippen LogP) is 7.92. The Kier molecular flexibility index (Phi) is 8.15. The summed E-state index contributed by atoms with van der Waals surface area (Å²) in [5.74, 6) is -0.915. The molecule has 4 rings (SSSR count). The van der Waals surface area contributed by atoms with Crippen LogP contribution in [-0.4, -0.2) is 12.6 Å². The van der Waals surface area contributed by atoms with Crippen LogP contribution in [-0.2, 0) is 4.79 Å². The third kappa shape index (κ3) is 5.08. The van der Waals surface area contributed by atoms with Crippen LogP contribution in [0.15, 0.2) is 58.4 Å². The van der Waals surface area contributed by atoms with E-state index in [1.807, 2.05) is 24.3 Å². The molecule has 0 saturated carbocycles. The molecule has 1 atom stereocenters. The van der Waals surface area contributed by atoms with Gasteiger partial charge in [-0.25, -0.2) is 4.79 Å². The van der Waals surface area contributed by atoms with Crippen molar-refractivity contribution < 1.29 is 19.0 Å². The molecule has 3 aromatic rings. The standard InChI is InChI=1S/C24H12BrCl5N2O4/c25-14-4-2-1-3-11(14)17-12-6-5-10(7-15(12)36-24(32)13(17)8-31)35-16(33)9-34-23-21(29)19(27)18(26)20(28)22(23)30/h1-7,17H,9,32H2. The molecule has 1 heterocycles. The molecule has 0 spiro atoms. The van der Waals surface area contributed by atoms with Gasteiger partial charge < -0.3 is 19.9 Å². The summed E-state index contributed by atoms with van der Waals surface area (Å²) in [7, 11) is 0. The minimum atomic E-state index is -0.774. The summed E-state index contributed by atoms with van der Waals surface area (Å²) in [6.07, 6.45) is 0. The van der Waals surface area contributed by atoms with E-state index in [-0.39, 0.29) is 48.1 Å². The fourth-order valence-electron chi connectivity index (χ4n) is 3.53. The maximum absolute atomic E-state index is 12.5. The fourth-order valence-corrected chi connectivity index (χ4v) is 5.28. The lowest BCUT2D eigenvalue weighted by Crippen LogP contribution is -2.22. The average Bonchev–Trinajstić information content (AvgIpc) is 2.86. The fraction of sp³-hybridized carbons (Fsp3) is 0.0833. The van der Waals surface area contributed by atoms with Gasteiger partial charge >= 0.3 is 5.97 Å². The van der Waals surface area contributed by atoms with Crippen LogP contribution in [0.4, 0.5) is 0 Å². The minimum absolute atomic E-state index is 0.0361. The molecule has 0 radical (unpaired) electrons. The molecule has 1 aliphatic heterocycles. The molecule has 0 fully saturated rings. The van der Waals surface area contributed by atoms with Crippen molar-refractivity contribution in [3.05, 3.63) is 94.6 Å². The Bertz CT molecular complexity index is 1440. The van der Waals surface area contributed by atoms with Crippen LogP contribution >= 0.6 is 73.9 Å². The highest BCUT2D eigenvalue weighted by molar-refractivity contribution is 9.10. The lowest BCUT2D eigenvalue weighted by atomic mass is 9.83. The molecule has 0 bridgehead atoms. The molecule has 184 valence electrons. The second-order valence-corrected chi connectivity index (χ2v) is 10.1. The van der Waals surface area contributed by atoms with E-state index in [0.29, 0.717) is 11.3 Å². The first kappa shape index (κ1) is 26.7. The van der Waals surface area contributed by atoms with Crippen LogP contribution in [0.1, 0.15) is 17.0 Å². The molecule has 36 heavy (non-hydrogen) atoms. The molecule has 0 aliphatic carbocycles. The van der Waals surface area contributed by atoms with Crippen LogP contribution in [0.25, 0.3) is 0 Å². The van der Waals surface area contributed by atoms with Gasteiger partial charge in [0.25, 0.3) is 0 Å². The number of nitrogens with zero attached hydrogens (tertiary/aromatic N) is 1. The number of benzene rings is 3. The van der Waals surface area contributed by atoms with Crippen LogP contribution in [0.2, 0.25) is 25.1 Å². The first-order chi connectivity index (χ1) is 17.1. The number of rotatable bonds is 5. The summed E-state index contributed by atoms with van der Waals surface area (Å²) in [6, 6.07) is 14.4. The van der Waals surface area contributed by atoms with Gasteiger partial charge in [-0.3, -0.25) is 0 Å². The van der Waals surface area contributed by atoms with Crippen LogP contribution in [0.3, 0.4) is 0 Å².